The van der Waals surface area contributed by atoms with Gasteiger partial charge in [-0.25, -0.2) is 0 Å². The summed E-state index contributed by atoms with van der Waals surface area (Å²) in [5.74, 6) is 0.424. The molecule has 23 heavy (non-hydrogen) atoms. The topological polar surface area (TPSA) is 36.4 Å². The van der Waals surface area contributed by atoms with Gasteiger partial charge in [0.15, 0.2) is 0 Å². The van der Waals surface area contributed by atoms with Gasteiger partial charge in [-0.15, -0.1) is 0 Å². The SMILES string of the molecule is OC1CCCC(c2ccc3cc(CN4CCCC4)ccc3n2)C1. The van der Waals surface area contributed by atoms with Crippen molar-refractivity contribution in [1.29, 1.82) is 0 Å². The van der Waals surface area contributed by atoms with E-state index in [4.69, 9.17) is 4.98 Å². The lowest BCUT2D eigenvalue weighted by molar-refractivity contribution is 0.119. The molecule has 0 spiro atoms. The zero-order chi connectivity index (χ0) is 15.6. The van der Waals surface area contributed by atoms with Crippen LogP contribution in [0, 0.1) is 0 Å². The van der Waals surface area contributed by atoms with E-state index in [1.54, 1.807) is 0 Å². The summed E-state index contributed by atoms with van der Waals surface area (Å²) < 4.78 is 0. The molecule has 4 rings (SSSR count). The van der Waals surface area contributed by atoms with Crippen LogP contribution >= 0.6 is 0 Å². The second-order valence-electron chi connectivity index (χ2n) is 7.26. The Hall–Kier alpha value is -1.45. The predicted octanol–water partition coefficient (Wildman–Crippen LogP) is 3.85. The second-order valence-corrected chi connectivity index (χ2v) is 7.26. The smallest absolute Gasteiger partial charge is 0.0705 e. The largest absolute Gasteiger partial charge is 0.393 e. The van der Waals surface area contributed by atoms with Crippen molar-refractivity contribution in [3.63, 3.8) is 0 Å². The minimum absolute atomic E-state index is 0.144. The van der Waals surface area contributed by atoms with Crippen LogP contribution in [0.1, 0.15) is 55.7 Å². The van der Waals surface area contributed by atoms with Crippen LogP contribution in [0.15, 0.2) is 30.3 Å². The first-order chi connectivity index (χ1) is 11.3. The molecule has 0 radical (unpaired) electrons. The molecule has 0 bridgehead atoms. The molecule has 1 aliphatic carbocycles. The van der Waals surface area contributed by atoms with Crippen molar-refractivity contribution >= 4 is 10.9 Å². The average molecular weight is 310 g/mol. The molecule has 1 saturated heterocycles. The van der Waals surface area contributed by atoms with Crippen LogP contribution in [0.4, 0.5) is 0 Å². The Morgan fingerprint density at radius 2 is 1.91 bits per heavy atom. The van der Waals surface area contributed by atoms with Crippen LogP contribution in [0.2, 0.25) is 0 Å². The Balaban J connectivity index is 1.54. The van der Waals surface area contributed by atoms with Crippen molar-refractivity contribution in [3.8, 4) is 0 Å². The number of benzene rings is 1. The average Bonchev–Trinajstić information content (AvgIpc) is 3.07. The number of aromatic nitrogens is 1. The van der Waals surface area contributed by atoms with Gasteiger partial charge >= 0.3 is 0 Å². The number of hydrogen-bond donors (Lipinski definition) is 1. The molecule has 3 nitrogen and oxygen atoms in total. The molecule has 2 atom stereocenters. The highest BCUT2D eigenvalue weighted by molar-refractivity contribution is 5.79. The first kappa shape index (κ1) is 15.1. The van der Waals surface area contributed by atoms with Gasteiger partial charge in [-0.1, -0.05) is 18.6 Å². The van der Waals surface area contributed by atoms with E-state index in [0.717, 1.165) is 43.4 Å². The minimum atomic E-state index is -0.144. The summed E-state index contributed by atoms with van der Waals surface area (Å²) in [7, 11) is 0. The molecular formula is C20H26N2O. The van der Waals surface area contributed by atoms with Gasteiger partial charge in [0.2, 0.25) is 0 Å². The van der Waals surface area contributed by atoms with Gasteiger partial charge in [0.05, 0.1) is 11.6 Å². The van der Waals surface area contributed by atoms with Crippen LogP contribution in [0.5, 0.6) is 0 Å². The van der Waals surface area contributed by atoms with Crippen molar-refractivity contribution in [2.45, 2.75) is 57.1 Å². The van der Waals surface area contributed by atoms with Crippen LogP contribution in [-0.2, 0) is 6.54 Å². The normalized spacial score (nSPS) is 26.0. The number of nitrogens with zero attached hydrogens (tertiary/aromatic N) is 2. The third-order valence-corrected chi connectivity index (χ3v) is 5.44. The third kappa shape index (κ3) is 3.41. The molecule has 1 N–H and O–H groups in total. The number of aliphatic hydroxyl groups excluding tert-OH is 1. The summed E-state index contributed by atoms with van der Waals surface area (Å²) in [6, 6.07) is 11.1. The van der Waals surface area contributed by atoms with Crippen LogP contribution in [-0.4, -0.2) is 34.2 Å². The van der Waals surface area contributed by atoms with Gasteiger partial charge in [0.25, 0.3) is 0 Å². The molecule has 0 amide bonds. The van der Waals surface area contributed by atoms with E-state index in [0.29, 0.717) is 5.92 Å². The zero-order valence-corrected chi connectivity index (χ0v) is 13.7. The van der Waals surface area contributed by atoms with Crippen LogP contribution < -0.4 is 0 Å². The maximum Gasteiger partial charge on any atom is 0.0705 e. The number of pyridine rings is 1. The van der Waals surface area contributed by atoms with Gasteiger partial charge in [-0.2, -0.15) is 0 Å². The lowest BCUT2D eigenvalue weighted by atomic mass is 9.85. The summed E-state index contributed by atoms with van der Waals surface area (Å²) in [5.41, 5.74) is 3.64. The zero-order valence-electron chi connectivity index (χ0n) is 13.7. The number of rotatable bonds is 3. The van der Waals surface area contributed by atoms with Gasteiger partial charge < -0.3 is 5.11 Å². The van der Waals surface area contributed by atoms with Crippen molar-refractivity contribution in [2.24, 2.45) is 0 Å². The molecule has 2 fully saturated rings. The fraction of sp³-hybridized carbons (Fsp3) is 0.550. The molecule has 122 valence electrons. The summed E-state index contributed by atoms with van der Waals surface area (Å²) in [4.78, 5) is 7.42. The van der Waals surface area contributed by atoms with E-state index in [9.17, 15) is 5.11 Å². The number of aliphatic hydroxyl groups is 1. The standard InChI is InChI=1S/C20H26N2O/c23-18-5-3-4-16(13-18)20-9-7-17-12-15(6-8-19(17)21-20)14-22-10-1-2-11-22/h6-9,12,16,18,23H,1-5,10-11,13-14H2. The van der Waals surface area contributed by atoms with Gasteiger partial charge in [0, 0.05) is 23.5 Å². The number of hydrogen-bond acceptors (Lipinski definition) is 3. The Morgan fingerprint density at radius 1 is 1.04 bits per heavy atom. The van der Waals surface area contributed by atoms with Crippen molar-refractivity contribution < 1.29 is 5.11 Å². The van der Waals surface area contributed by atoms with E-state index in [1.165, 1.54) is 36.9 Å². The minimum Gasteiger partial charge on any atom is -0.393 e. The molecule has 1 saturated carbocycles. The first-order valence-corrected chi connectivity index (χ1v) is 9.08. The third-order valence-electron chi connectivity index (χ3n) is 5.44. The number of likely N-dealkylation sites (tertiary alicyclic amines) is 1. The maximum absolute atomic E-state index is 9.89. The van der Waals surface area contributed by atoms with Gasteiger partial charge in [-0.05, 0) is 69.0 Å². The fourth-order valence-corrected chi connectivity index (χ4v) is 4.15. The lowest BCUT2D eigenvalue weighted by Gasteiger charge is -2.25. The quantitative estimate of drug-likeness (QED) is 0.935. The summed E-state index contributed by atoms with van der Waals surface area (Å²) in [6.07, 6.45) is 6.62. The van der Waals surface area contributed by atoms with Crippen molar-refractivity contribution in [2.75, 3.05) is 13.1 Å². The molecule has 1 aliphatic heterocycles. The molecule has 3 heteroatoms. The molecule has 2 unspecified atom stereocenters. The van der Waals surface area contributed by atoms with E-state index in [1.807, 2.05) is 0 Å². The maximum atomic E-state index is 9.89. The van der Waals surface area contributed by atoms with Gasteiger partial charge in [0.1, 0.15) is 0 Å². The summed E-state index contributed by atoms with van der Waals surface area (Å²) in [6.45, 7) is 3.53. The highest BCUT2D eigenvalue weighted by Gasteiger charge is 2.22. The summed E-state index contributed by atoms with van der Waals surface area (Å²) >= 11 is 0. The van der Waals surface area contributed by atoms with E-state index in [-0.39, 0.29) is 6.10 Å². The molecule has 2 heterocycles. The van der Waals surface area contributed by atoms with Crippen molar-refractivity contribution in [3.05, 3.63) is 41.6 Å². The first-order valence-electron chi connectivity index (χ1n) is 9.08. The lowest BCUT2D eigenvalue weighted by Crippen LogP contribution is -2.19. The summed E-state index contributed by atoms with van der Waals surface area (Å²) in [5, 5.41) is 11.1. The second kappa shape index (κ2) is 6.58. The Morgan fingerprint density at radius 3 is 2.74 bits per heavy atom. The Labute approximate surface area is 138 Å². The highest BCUT2D eigenvalue weighted by atomic mass is 16.3. The van der Waals surface area contributed by atoms with Gasteiger partial charge in [-0.3, -0.25) is 9.88 Å². The fourth-order valence-electron chi connectivity index (χ4n) is 4.15. The number of fused-ring (bicyclic) bond motifs is 1. The van der Waals surface area contributed by atoms with Crippen LogP contribution in [0.25, 0.3) is 10.9 Å². The molecule has 1 aromatic carbocycles. The molecule has 2 aromatic rings. The molecule has 2 aliphatic rings. The Kier molecular flexibility index (Phi) is 4.32. The highest BCUT2D eigenvalue weighted by Crippen LogP contribution is 2.32. The van der Waals surface area contributed by atoms with Crippen molar-refractivity contribution in [1.82, 2.24) is 9.88 Å². The molecular weight excluding hydrogens is 284 g/mol. The van der Waals surface area contributed by atoms with E-state index in [2.05, 4.69) is 35.2 Å². The van der Waals surface area contributed by atoms with E-state index >= 15 is 0 Å². The predicted molar refractivity (Wildman–Crippen MR) is 93.5 cm³/mol. The Bertz CT molecular complexity index is 678. The monoisotopic (exact) mass is 310 g/mol. The molecule has 1 aromatic heterocycles. The van der Waals surface area contributed by atoms with Crippen LogP contribution in [0.3, 0.4) is 0 Å². The van der Waals surface area contributed by atoms with E-state index < -0.39 is 0 Å².